The summed E-state index contributed by atoms with van der Waals surface area (Å²) in [4.78, 5) is 10.3. The van der Waals surface area contributed by atoms with Crippen molar-refractivity contribution in [2.75, 3.05) is 14.1 Å². The Morgan fingerprint density at radius 3 is 1.71 bits per heavy atom. The zero-order chi connectivity index (χ0) is 13.0. The maximum atomic E-state index is 10.3. The highest BCUT2D eigenvalue weighted by molar-refractivity contribution is 5.73. The molecule has 0 aliphatic rings. The van der Waals surface area contributed by atoms with Gasteiger partial charge in [0.05, 0.1) is 0 Å². The first-order valence-corrected chi connectivity index (χ1v) is 6.10. The molecule has 0 aliphatic heterocycles. The van der Waals surface area contributed by atoms with Crippen LogP contribution in [0.1, 0.15) is 53.9 Å². The van der Waals surface area contributed by atoms with Gasteiger partial charge in [-0.25, -0.2) is 0 Å². The van der Waals surface area contributed by atoms with Gasteiger partial charge in [0.1, 0.15) is 6.04 Å². The number of rotatable bonds is 7. The Balaban J connectivity index is -0.000000224. The number of nitrogens with one attached hydrogen (secondary N) is 2. The minimum Gasteiger partial charge on any atom is -0.480 e. The lowest BCUT2D eigenvalue weighted by atomic mass is 10.2. The van der Waals surface area contributed by atoms with Gasteiger partial charge in [0.2, 0.25) is 0 Å². The number of hydrogen-bond donors (Lipinski definition) is 3. The highest BCUT2D eigenvalue weighted by atomic mass is 16.4. The van der Waals surface area contributed by atoms with Gasteiger partial charge in [0, 0.05) is 6.04 Å². The van der Waals surface area contributed by atoms with Crippen LogP contribution in [-0.2, 0) is 4.79 Å². The molecule has 3 N–H and O–H groups in total. The van der Waals surface area contributed by atoms with E-state index in [1.54, 1.807) is 7.05 Å². The maximum Gasteiger partial charge on any atom is 0.320 e. The second kappa shape index (κ2) is 15.4. The van der Waals surface area contributed by atoms with Gasteiger partial charge in [-0.05, 0) is 33.9 Å². The number of carboxylic acid groups (broad SMARTS) is 1. The van der Waals surface area contributed by atoms with E-state index in [0.717, 1.165) is 6.42 Å². The summed E-state index contributed by atoms with van der Waals surface area (Å²) in [6, 6.07) is 0.333. The second-order valence-electron chi connectivity index (χ2n) is 3.95. The Hall–Kier alpha value is -0.610. The van der Waals surface area contributed by atoms with Crippen LogP contribution < -0.4 is 10.6 Å². The lowest BCUT2D eigenvalue weighted by molar-refractivity contribution is -0.139. The van der Waals surface area contributed by atoms with Gasteiger partial charge in [-0.3, -0.25) is 4.79 Å². The third kappa shape index (κ3) is 15.4. The van der Waals surface area contributed by atoms with Crippen LogP contribution in [0.15, 0.2) is 0 Å². The molecule has 17 heavy (non-hydrogen) atoms. The Morgan fingerprint density at radius 2 is 1.59 bits per heavy atom. The molecule has 0 bridgehead atoms. The summed E-state index contributed by atoms with van der Waals surface area (Å²) in [5, 5.41) is 14.3. The Kier molecular flexibility index (Phi) is 19.6. The van der Waals surface area contributed by atoms with Crippen molar-refractivity contribution in [3.8, 4) is 0 Å². The number of carbonyl (C=O) groups is 1. The summed E-state index contributed by atoms with van der Waals surface area (Å²) < 4.78 is 0. The van der Waals surface area contributed by atoms with Gasteiger partial charge in [0.25, 0.3) is 0 Å². The Labute approximate surface area is 107 Å². The molecule has 0 aromatic heterocycles. The van der Waals surface area contributed by atoms with E-state index < -0.39 is 5.97 Å². The lowest BCUT2D eigenvalue weighted by Gasteiger charge is -2.07. The predicted molar refractivity (Wildman–Crippen MR) is 75.6 cm³/mol. The third-order valence-corrected chi connectivity index (χ3v) is 2.44. The summed E-state index contributed by atoms with van der Waals surface area (Å²) in [5.74, 6) is -0.764. The molecule has 0 spiro atoms. The van der Waals surface area contributed by atoms with Crippen molar-refractivity contribution in [1.82, 2.24) is 10.6 Å². The molecule has 0 rings (SSSR count). The normalized spacial score (nSPS) is 12.8. The Morgan fingerprint density at radius 1 is 1.12 bits per heavy atom. The molecular formula is C13H32N2O2. The standard InChI is InChI=1S/C6H13NO2.C6H15N.CH4/c1-3-4-5(7-2)6(8)9;1-4-5-6(2)7-3;/h5,7H,3-4H2,1-2H3,(H,8,9);6-7H,4-5H2,1-3H3;1H4/t5-;6-;/m01./s1. The highest BCUT2D eigenvalue weighted by Gasteiger charge is 2.11. The minimum absolute atomic E-state index is 0. The van der Waals surface area contributed by atoms with Gasteiger partial charge in [-0.15, -0.1) is 0 Å². The van der Waals surface area contributed by atoms with Crippen LogP contribution in [-0.4, -0.2) is 37.3 Å². The molecule has 0 amide bonds. The molecule has 0 fully saturated rings. The molecule has 4 heteroatoms. The smallest absolute Gasteiger partial charge is 0.320 e. The van der Waals surface area contributed by atoms with Crippen molar-refractivity contribution < 1.29 is 9.90 Å². The van der Waals surface area contributed by atoms with Crippen molar-refractivity contribution in [2.24, 2.45) is 0 Å². The molecular weight excluding hydrogens is 216 g/mol. The number of carboxylic acids is 1. The highest BCUT2D eigenvalue weighted by Crippen LogP contribution is 1.94. The van der Waals surface area contributed by atoms with E-state index in [9.17, 15) is 4.79 Å². The summed E-state index contributed by atoms with van der Waals surface area (Å²) in [7, 11) is 3.66. The number of likely N-dealkylation sites (N-methyl/N-ethyl adjacent to an activating group) is 1. The van der Waals surface area contributed by atoms with E-state index >= 15 is 0 Å². The molecule has 0 radical (unpaired) electrons. The number of hydrogen-bond acceptors (Lipinski definition) is 3. The van der Waals surface area contributed by atoms with Gasteiger partial charge >= 0.3 is 5.97 Å². The van der Waals surface area contributed by atoms with E-state index in [2.05, 4.69) is 24.5 Å². The van der Waals surface area contributed by atoms with Crippen LogP contribution in [0, 0.1) is 0 Å². The van der Waals surface area contributed by atoms with Crippen LogP contribution in [0.4, 0.5) is 0 Å². The zero-order valence-electron chi connectivity index (χ0n) is 11.3. The first-order chi connectivity index (χ1) is 7.53. The van der Waals surface area contributed by atoms with Crippen LogP contribution in [0.5, 0.6) is 0 Å². The largest absolute Gasteiger partial charge is 0.480 e. The SMILES string of the molecule is C.CCC[C@@H](C)NC.CCC[C@H](NC)C(=O)O. The quantitative estimate of drug-likeness (QED) is 0.648. The average molecular weight is 248 g/mol. The summed E-state index contributed by atoms with van der Waals surface area (Å²) in [6.45, 7) is 6.37. The van der Waals surface area contributed by atoms with E-state index in [4.69, 9.17) is 5.11 Å². The van der Waals surface area contributed by atoms with Crippen molar-refractivity contribution in [1.29, 1.82) is 0 Å². The molecule has 0 aromatic carbocycles. The topological polar surface area (TPSA) is 61.4 Å². The van der Waals surface area contributed by atoms with Crippen molar-refractivity contribution >= 4 is 5.97 Å². The van der Waals surface area contributed by atoms with E-state index in [1.165, 1.54) is 12.8 Å². The minimum atomic E-state index is -0.764. The van der Waals surface area contributed by atoms with Gasteiger partial charge < -0.3 is 15.7 Å². The fourth-order valence-corrected chi connectivity index (χ4v) is 1.26. The molecule has 0 saturated carbocycles. The third-order valence-electron chi connectivity index (χ3n) is 2.44. The molecule has 4 nitrogen and oxygen atoms in total. The number of aliphatic carboxylic acids is 1. The zero-order valence-corrected chi connectivity index (χ0v) is 11.3. The lowest BCUT2D eigenvalue weighted by Crippen LogP contribution is -2.33. The summed E-state index contributed by atoms with van der Waals surface area (Å²) in [6.07, 6.45) is 4.17. The average Bonchev–Trinajstić information content (AvgIpc) is 2.26. The van der Waals surface area contributed by atoms with Gasteiger partial charge in [-0.1, -0.05) is 34.1 Å². The fourth-order valence-electron chi connectivity index (χ4n) is 1.26. The second-order valence-corrected chi connectivity index (χ2v) is 3.95. The van der Waals surface area contributed by atoms with Crippen LogP contribution in [0.2, 0.25) is 0 Å². The van der Waals surface area contributed by atoms with Crippen molar-refractivity contribution in [3.63, 3.8) is 0 Å². The monoisotopic (exact) mass is 248 g/mol. The molecule has 0 aliphatic carbocycles. The molecule has 0 unspecified atom stereocenters. The molecule has 106 valence electrons. The van der Waals surface area contributed by atoms with E-state index in [1.807, 2.05) is 14.0 Å². The summed E-state index contributed by atoms with van der Waals surface area (Å²) >= 11 is 0. The Bertz CT molecular complexity index is 163. The van der Waals surface area contributed by atoms with Crippen LogP contribution >= 0.6 is 0 Å². The predicted octanol–water partition coefficient (Wildman–Crippen LogP) is 2.49. The molecule has 2 atom stereocenters. The van der Waals surface area contributed by atoms with Crippen LogP contribution in [0.25, 0.3) is 0 Å². The molecule has 0 aromatic rings. The molecule has 0 heterocycles. The molecule has 0 saturated heterocycles. The van der Waals surface area contributed by atoms with E-state index in [0.29, 0.717) is 12.5 Å². The van der Waals surface area contributed by atoms with Crippen LogP contribution in [0.3, 0.4) is 0 Å². The summed E-state index contributed by atoms with van der Waals surface area (Å²) in [5.41, 5.74) is 0. The van der Waals surface area contributed by atoms with E-state index in [-0.39, 0.29) is 13.5 Å². The van der Waals surface area contributed by atoms with Crippen molar-refractivity contribution in [2.45, 2.75) is 66.0 Å². The van der Waals surface area contributed by atoms with Gasteiger partial charge in [0.15, 0.2) is 0 Å². The first-order valence-electron chi connectivity index (χ1n) is 6.10. The van der Waals surface area contributed by atoms with Gasteiger partial charge in [-0.2, -0.15) is 0 Å². The van der Waals surface area contributed by atoms with Crippen molar-refractivity contribution in [3.05, 3.63) is 0 Å². The maximum absolute atomic E-state index is 10.3. The first kappa shape index (κ1) is 21.7. The fraction of sp³-hybridized carbons (Fsp3) is 0.923.